The zero-order chi connectivity index (χ0) is 18.2. The molecule has 0 saturated carbocycles. The molecule has 0 aliphatic rings. The van der Waals surface area contributed by atoms with Crippen LogP contribution in [0.1, 0.15) is 38.2 Å². The van der Waals surface area contributed by atoms with Crippen molar-refractivity contribution in [3.05, 3.63) is 42.5 Å². The SMILES string of the molecule is C=CCC(C#N)(C(=O)OCC)C(CC(C)=O)c1cccc(OC)c1. The molecule has 1 aromatic rings. The molecule has 128 valence electrons. The van der Waals surface area contributed by atoms with Gasteiger partial charge in [0.1, 0.15) is 11.5 Å². The normalized spacial score (nSPS) is 13.9. The van der Waals surface area contributed by atoms with Crippen LogP contribution in [0.25, 0.3) is 0 Å². The van der Waals surface area contributed by atoms with Crippen molar-refractivity contribution in [2.45, 2.75) is 32.6 Å². The summed E-state index contributed by atoms with van der Waals surface area (Å²) >= 11 is 0. The molecule has 0 heterocycles. The summed E-state index contributed by atoms with van der Waals surface area (Å²) in [4.78, 5) is 24.4. The van der Waals surface area contributed by atoms with Crippen LogP contribution in [-0.2, 0) is 14.3 Å². The molecule has 0 bridgehead atoms. The van der Waals surface area contributed by atoms with Crippen molar-refractivity contribution < 1.29 is 19.1 Å². The van der Waals surface area contributed by atoms with Gasteiger partial charge in [-0.1, -0.05) is 18.2 Å². The van der Waals surface area contributed by atoms with Crippen molar-refractivity contribution in [1.82, 2.24) is 0 Å². The van der Waals surface area contributed by atoms with Gasteiger partial charge in [0.05, 0.1) is 19.8 Å². The molecule has 0 fully saturated rings. The topological polar surface area (TPSA) is 76.4 Å². The Kier molecular flexibility index (Phi) is 7.19. The summed E-state index contributed by atoms with van der Waals surface area (Å²) < 4.78 is 10.4. The molecular weight excluding hydrogens is 306 g/mol. The van der Waals surface area contributed by atoms with Crippen LogP contribution in [0.5, 0.6) is 5.75 Å². The van der Waals surface area contributed by atoms with Gasteiger partial charge < -0.3 is 14.3 Å². The molecule has 5 nitrogen and oxygen atoms in total. The third kappa shape index (κ3) is 4.23. The molecular formula is C19H23NO4. The van der Waals surface area contributed by atoms with Crippen LogP contribution < -0.4 is 4.74 Å². The minimum atomic E-state index is -1.50. The van der Waals surface area contributed by atoms with E-state index < -0.39 is 17.3 Å². The van der Waals surface area contributed by atoms with E-state index in [1.807, 2.05) is 0 Å². The van der Waals surface area contributed by atoms with Crippen molar-refractivity contribution in [1.29, 1.82) is 5.26 Å². The number of benzene rings is 1. The first-order valence-corrected chi connectivity index (χ1v) is 7.77. The zero-order valence-electron chi connectivity index (χ0n) is 14.4. The Labute approximate surface area is 142 Å². The fraction of sp³-hybridized carbons (Fsp3) is 0.421. The monoisotopic (exact) mass is 329 g/mol. The third-order valence-electron chi connectivity index (χ3n) is 3.89. The minimum absolute atomic E-state index is 0.0490. The second-order valence-electron chi connectivity index (χ2n) is 5.53. The van der Waals surface area contributed by atoms with Crippen molar-refractivity contribution in [3.63, 3.8) is 0 Å². The molecule has 0 radical (unpaired) electrons. The summed E-state index contributed by atoms with van der Waals surface area (Å²) in [6, 6.07) is 9.15. The molecule has 0 aromatic heterocycles. The number of allylic oxidation sites excluding steroid dienone is 1. The maximum absolute atomic E-state index is 12.6. The smallest absolute Gasteiger partial charge is 0.327 e. The van der Waals surface area contributed by atoms with Gasteiger partial charge in [-0.05, 0) is 38.0 Å². The molecule has 0 amide bonds. The maximum Gasteiger partial charge on any atom is 0.327 e. The van der Waals surface area contributed by atoms with Crippen LogP contribution in [0, 0.1) is 16.7 Å². The average Bonchev–Trinajstić information content (AvgIpc) is 2.58. The lowest BCUT2D eigenvalue weighted by atomic mass is 9.68. The van der Waals surface area contributed by atoms with E-state index in [2.05, 4.69) is 12.6 Å². The number of methoxy groups -OCH3 is 1. The molecule has 0 spiro atoms. The molecule has 0 N–H and O–H groups in total. The van der Waals surface area contributed by atoms with E-state index in [4.69, 9.17) is 9.47 Å². The van der Waals surface area contributed by atoms with Crippen molar-refractivity contribution in [2.24, 2.45) is 5.41 Å². The lowest BCUT2D eigenvalue weighted by molar-refractivity contribution is -0.153. The number of carbonyl (C=O) groups is 2. The summed E-state index contributed by atoms with van der Waals surface area (Å²) in [7, 11) is 1.53. The Morgan fingerprint density at radius 3 is 2.67 bits per heavy atom. The molecule has 24 heavy (non-hydrogen) atoms. The summed E-state index contributed by atoms with van der Waals surface area (Å²) in [6.45, 7) is 6.93. The van der Waals surface area contributed by atoms with E-state index >= 15 is 0 Å². The highest BCUT2D eigenvalue weighted by Crippen LogP contribution is 2.43. The van der Waals surface area contributed by atoms with Gasteiger partial charge in [0.25, 0.3) is 0 Å². The Balaban J connectivity index is 3.51. The van der Waals surface area contributed by atoms with Gasteiger partial charge in [-0.2, -0.15) is 5.26 Å². The van der Waals surface area contributed by atoms with Gasteiger partial charge in [0.15, 0.2) is 5.41 Å². The zero-order valence-corrected chi connectivity index (χ0v) is 14.4. The molecule has 0 aliphatic heterocycles. The molecule has 0 saturated heterocycles. The van der Waals surface area contributed by atoms with Crippen molar-refractivity contribution >= 4 is 11.8 Å². The number of hydrogen-bond donors (Lipinski definition) is 0. The molecule has 2 unspecified atom stereocenters. The lowest BCUT2D eigenvalue weighted by Gasteiger charge is -2.32. The van der Waals surface area contributed by atoms with Crippen LogP contribution in [-0.4, -0.2) is 25.5 Å². The van der Waals surface area contributed by atoms with Gasteiger partial charge >= 0.3 is 5.97 Å². The van der Waals surface area contributed by atoms with E-state index in [1.165, 1.54) is 20.1 Å². The van der Waals surface area contributed by atoms with E-state index in [0.717, 1.165) is 0 Å². The van der Waals surface area contributed by atoms with Crippen LogP contribution in [0.15, 0.2) is 36.9 Å². The molecule has 1 rings (SSSR count). The Morgan fingerprint density at radius 1 is 1.46 bits per heavy atom. The highest BCUT2D eigenvalue weighted by Gasteiger charge is 2.48. The Morgan fingerprint density at radius 2 is 2.17 bits per heavy atom. The maximum atomic E-state index is 12.6. The van der Waals surface area contributed by atoms with E-state index in [0.29, 0.717) is 11.3 Å². The molecule has 1 aromatic carbocycles. The van der Waals surface area contributed by atoms with Crippen molar-refractivity contribution in [3.8, 4) is 11.8 Å². The fourth-order valence-corrected chi connectivity index (χ4v) is 2.75. The molecule has 5 heteroatoms. The summed E-state index contributed by atoms with van der Waals surface area (Å²) in [5.74, 6) is -0.806. The first-order chi connectivity index (χ1) is 11.4. The molecule has 0 aliphatic carbocycles. The first kappa shape index (κ1) is 19.4. The van der Waals surface area contributed by atoms with Gasteiger partial charge in [0.2, 0.25) is 0 Å². The van der Waals surface area contributed by atoms with Crippen LogP contribution in [0.2, 0.25) is 0 Å². The van der Waals surface area contributed by atoms with Crippen LogP contribution in [0.3, 0.4) is 0 Å². The number of nitriles is 1. The second kappa shape index (κ2) is 8.88. The second-order valence-corrected chi connectivity index (χ2v) is 5.53. The summed E-state index contributed by atoms with van der Waals surface area (Å²) in [5, 5.41) is 9.83. The largest absolute Gasteiger partial charge is 0.497 e. The standard InChI is InChI=1S/C19H23NO4/c1-5-10-19(13-20,18(22)24-6-2)17(11-14(3)21)15-8-7-9-16(12-15)23-4/h5,7-9,12,17H,1,6,10-11H2,2-4H3. The fourth-order valence-electron chi connectivity index (χ4n) is 2.75. The van der Waals surface area contributed by atoms with Gasteiger partial charge in [-0.15, -0.1) is 6.58 Å². The van der Waals surface area contributed by atoms with Crippen LogP contribution in [0.4, 0.5) is 0 Å². The Bertz CT molecular complexity index is 647. The number of carbonyl (C=O) groups excluding carboxylic acids is 2. The van der Waals surface area contributed by atoms with E-state index in [9.17, 15) is 14.9 Å². The van der Waals surface area contributed by atoms with E-state index in [-0.39, 0.29) is 25.2 Å². The first-order valence-electron chi connectivity index (χ1n) is 7.77. The number of esters is 1. The number of Topliss-reactive ketones (excluding diaryl/α,β-unsaturated/α-hetero) is 1. The number of ether oxygens (including phenoxy) is 2. The number of nitrogens with zero attached hydrogens (tertiary/aromatic N) is 1. The summed E-state index contributed by atoms with van der Waals surface area (Å²) in [5.41, 5.74) is -0.823. The average molecular weight is 329 g/mol. The van der Waals surface area contributed by atoms with Gasteiger partial charge in [-0.25, -0.2) is 0 Å². The van der Waals surface area contributed by atoms with Crippen molar-refractivity contribution in [2.75, 3.05) is 13.7 Å². The number of hydrogen-bond acceptors (Lipinski definition) is 5. The predicted molar refractivity (Wildman–Crippen MR) is 90.5 cm³/mol. The third-order valence-corrected chi connectivity index (χ3v) is 3.89. The lowest BCUT2D eigenvalue weighted by Crippen LogP contribution is -2.38. The number of rotatable bonds is 9. The van der Waals surface area contributed by atoms with Gasteiger partial charge in [-0.3, -0.25) is 4.79 Å². The van der Waals surface area contributed by atoms with Crippen LogP contribution >= 0.6 is 0 Å². The Hall–Kier alpha value is -2.61. The number of ketones is 1. The molecule has 2 atom stereocenters. The predicted octanol–water partition coefficient (Wildman–Crippen LogP) is 3.41. The quantitative estimate of drug-likeness (QED) is 0.512. The van der Waals surface area contributed by atoms with Gasteiger partial charge in [0, 0.05) is 12.3 Å². The van der Waals surface area contributed by atoms with E-state index in [1.54, 1.807) is 31.2 Å². The highest BCUT2D eigenvalue weighted by molar-refractivity contribution is 5.84. The minimum Gasteiger partial charge on any atom is -0.497 e. The highest BCUT2D eigenvalue weighted by atomic mass is 16.5. The summed E-state index contributed by atoms with van der Waals surface area (Å²) in [6.07, 6.45) is 1.65.